The Bertz CT molecular complexity index is 646. The van der Waals surface area contributed by atoms with Crippen LogP contribution in [0.4, 0.5) is 0 Å². The largest absolute Gasteiger partial charge is 0.481 e. The van der Waals surface area contributed by atoms with Crippen molar-refractivity contribution < 1.29 is 9.90 Å². The molecule has 0 radical (unpaired) electrons. The molecule has 104 valence electrons. The second-order valence-corrected chi connectivity index (χ2v) is 5.44. The third-order valence-corrected chi connectivity index (χ3v) is 3.98. The number of hydrogen-bond donors (Lipinski definition) is 1. The fourth-order valence-electron chi connectivity index (χ4n) is 2.33. The molecule has 1 aliphatic rings. The van der Waals surface area contributed by atoms with Crippen LogP contribution in [0.25, 0.3) is 0 Å². The SMILES string of the molecule is Cc1ccccc1Cc1nnnn1CC1(C(=O)O)CC1. The molecule has 1 N–H and O–H groups in total. The molecule has 6 nitrogen and oxygen atoms in total. The van der Waals surface area contributed by atoms with Gasteiger partial charge in [-0.15, -0.1) is 5.10 Å². The van der Waals surface area contributed by atoms with Gasteiger partial charge in [-0.2, -0.15) is 0 Å². The van der Waals surface area contributed by atoms with Crippen LogP contribution in [0.1, 0.15) is 29.8 Å². The fraction of sp³-hybridized carbons (Fsp3) is 0.429. The normalized spacial score (nSPS) is 16.1. The molecule has 1 saturated carbocycles. The minimum Gasteiger partial charge on any atom is -0.481 e. The maximum absolute atomic E-state index is 11.3. The molecule has 0 atom stereocenters. The molecule has 0 aliphatic heterocycles. The minimum absolute atomic E-state index is 0.358. The van der Waals surface area contributed by atoms with E-state index in [0.29, 0.717) is 31.6 Å². The van der Waals surface area contributed by atoms with Crippen LogP contribution in [0, 0.1) is 12.3 Å². The van der Waals surface area contributed by atoms with Crippen LogP contribution in [0.5, 0.6) is 0 Å². The quantitative estimate of drug-likeness (QED) is 0.890. The summed E-state index contributed by atoms with van der Waals surface area (Å²) in [5.41, 5.74) is 1.68. The summed E-state index contributed by atoms with van der Waals surface area (Å²) in [5, 5.41) is 20.9. The summed E-state index contributed by atoms with van der Waals surface area (Å²) in [6.45, 7) is 2.40. The summed E-state index contributed by atoms with van der Waals surface area (Å²) in [4.78, 5) is 11.3. The molecule has 1 heterocycles. The molecule has 20 heavy (non-hydrogen) atoms. The van der Waals surface area contributed by atoms with Crippen molar-refractivity contribution in [1.82, 2.24) is 20.2 Å². The summed E-state index contributed by atoms with van der Waals surface area (Å²) in [6.07, 6.45) is 2.02. The Morgan fingerprint density at radius 3 is 2.80 bits per heavy atom. The zero-order chi connectivity index (χ0) is 14.2. The van der Waals surface area contributed by atoms with Gasteiger partial charge in [0.05, 0.1) is 12.0 Å². The van der Waals surface area contributed by atoms with E-state index in [1.165, 1.54) is 5.56 Å². The number of carbonyl (C=O) groups is 1. The van der Waals surface area contributed by atoms with E-state index in [-0.39, 0.29) is 0 Å². The molecule has 1 aromatic carbocycles. The Labute approximate surface area is 116 Å². The van der Waals surface area contributed by atoms with Crippen molar-refractivity contribution in [3.63, 3.8) is 0 Å². The summed E-state index contributed by atoms with van der Waals surface area (Å²) >= 11 is 0. The number of carboxylic acid groups (broad SMARTS) is 1. The van der Waals surface area contributed by atoms with Gasteiger partial charge in [0, 0.05) is 6.42 Å². The highest BCUT2D eigenvalue weighted by molar-refractivity contribution is 5.77. The van der Waals surface area contributed by atoms with Gasteiger partial charge in [0.2, 0.25) is 0 Å². The van der Waals surface area contributed by atoms with Crippen molar-refractivity contribution in [1.29, 1.82) is 0 Å². The molecule has 0 unspecified atom stereocenters. The molecule has 6 heteroatoms. The monoisotopic (exact) mass is 272 g/mol. The molecule has 1 aliphatic carbocycles. The number of hydrogen-bond acceptors (Lipinski definition) is 4. The van der Waals surface area contributed by atoms with E-state index in [4.69, 9.17) is 0 Å². The van der Waals surface area contributed by atoms with E-state index < -0.39 is 11.4 Å². The topological polar surface area (TPSA) is 80.9 Å². The second-order valence-electron chi connectivity index (χ2n) is 5.44. The van der Waals surface area contributed by atoms with Gasteiger partial charge in [-0.05, 0) is 41.3 Å². The predicted octanol–water partition coefficient (Wildman–Crippen LogP) is 1.44. The van der Waals surface area contributed by atoms with Crippen LogP contribution in [0.15, 0.2) is 24.3 Å². The van der Waals surface area contributed by atoms with Crippen LogP contribution in [-0.4, -0.2) is 31.3 Å². The number of nitrogens with zero attached hydrogens (tertiary/aromatic N) is 4. The van der Waals surface area contributed by atoms with Gasteiger partial charge in [0.25, 0.3) is 0 Å². The van der Waals surface area contributed by atoms with E-state index in [1.807, 2.05) is 31.2 Å². The maximum atomic E-state index is 11.3. The van der Waals surface area contributed by atoms with E-state index in [1.54, 1.807) is 4.68 Å². The first-order chi connectivity index (χ1) is 9.61. The molecule has 0 amide bonds. The van der Waals surface area contributed by atoms with Crippen LogP contribution in [0.2, 0.25) is 0 Å². The molecular weight excluding hydrogens is 256 g/mol. The molecule has 1 aromatic heterocycles. The highest BCUT2D eigenvalue weighted by atomic mass is 16.4. The minimum atomic E-state index is -0.755. The lowest BCUT2D eigenvalue weighted by Gasteiger charge is -2.11. The fourth-order valence-corrected chi connectivity index (χ4v) is 2.33. The summed E-state index contributed by atoms with van der Waals surface area (Å²) in [6, 6.07) is 8.06. The Kier molecular flexibility index (Phi) is 3.00. The standard InChI is InChI=1S/C14H16N4O2/c1-10-4-2-3-5-11(10)8-12-15-16-17-18(12)9-14(6-7-14)13(19)20/h2-5H,6-9H2,1H3,(H,19,20). The van der Waals surface area contributed by atoms with Crippen molar-refractivity contribution in [2.45, 2.75) is 32.7 Å². The van der Waals surface area contributed by atoms with Crippen molar-refractivity contribution in [3.8, 4) is 0 Å². The van der Waals surface area contributed by atoms with Crippen molar-refractivity contribution in [2.75, 3.05) is 0 Å². The number of benzene rings is 1. The third kappa shape index (κ3) is 2.29. The highest BCUT2D eigenvalue weighted by Gasteiger charge is 2.51. The smallest absolute Gasteiger partial charge is 0.311 e. The zero-order valence-electron chi connectivity index (χ0n) is 11.3. The number of rotatable bonds is 5. The van der Waals surface area contributed by atoms with Gasteiger partial charge in [0.1, 0.15) is 0 Å². The number of aliphatic carboxylic acids is 1. The van der Waals surface area contributed by atoms with Crippen LogP contribution in [-0.2, 0) is 17.8 Å². The van der Waals surface area contributed by atoms with Gasteiger partial charge in [-0.1, -0.05) is 24.3 Å². The molecular formula is C14H16N4O2. The molecule has 1 fully saturated rings. The summed E-state index contributed by atoms with van der Waals surface area (Å²) in [5.74, 6) is -0.0401. The predicted molar refractivity (Wildman–Crippen MR) is 71.1 cm³/mol. The van der Waals surface area contributed by atoms with Crippen LogP contribution >= 0.6 is 0 Å². The molecule has 2 aromatic rings. The lowest BCUT2D eigenvalue weighted by atomic mass is 10.1. The molecule has 0 bridgehead atoms. The average Bonchev–Trinajstić information content (AvgIpc) is 3.08. The van der Waals surface area contributed by atoms with Crippen LogP contribution < -0.4 is 0 Å². The van der Waals surface area contributed by atoms with Gasteiger partial charge >= 0.3 is 5.97 Å². The third-order valence-electron chi connectivity index (χ3n) is 3.98. The first kappa shape index (κ1) is 12.8. The number of aromatic nitrogens is 4. The molecule has 0 saturated heterocycles. The van der Waals surface area contributed by atoms with E-state index in [0.717, 1.165) is 5.56 Å². The molecule has 3 rings (SSSR count). The maximum Gasteiger partial charge on any atom is 0.311 e. The first-order valence-electron chi connectivity index (χ1n) is 6.64. The van der Waals surface area contributed by atoms with Gasteiger partial charge in [0.15, 0.2) is 5.82 Å². The second kappa shape index (κ2) is 4.70. The number of carboxylic acids is 1. The van der Waals surface area contributed by atoms with Gasteiger partial charge < -0.3 is 5.11 Å². The Morgan fingerprint density at radius 1 is 1.40 bits per heavy atom. The van der Waals surface area contributed by atoms with Gasteiger partial charge in [-0.25, -0.2) is 4.68 Å². The Morgan fingerprint density at radius 2 is 2.15 bits per heavy atom. The van der Waals surface area contributed by atoms with E-state index in [2.05, 4.69) is 15.5 Å². The summed E-state index contributed by atoms with van der Waals surface area (Å²) in [7, 11) is 0. The van der Waals surface area contributed by atoms with Crippen LogP contribution in [0.3, 0.4) is 0 Å². The van der Waals surface area contributed by atoms with Crippen molar-refractivity contribution >= 4 is 5.97 Å². The Balaban J connectivity index is 1.81. The zero-order valence-corrected chi connectivity index (χ0v) is 11.3. The Hall–Kier alpha value is -2.24. The average molecular weight is 272 g/mol. The highest BCUT2D eigenvalue weighted by Crippen LogP contribution is 2.47. The van der Waals surface area contributed by atoms with Gasteiger partial charge in [-0.3, -0.25) is 4.79 Å². The van der Waals surface area contributed by atoms with Crippen molar-refractivity contribution in [3.05, 3.63) is 41.2 Å². The molecule has 0 spiro atoms. The van der Waals surface area contributed by atoms with E-state index in [9.17, 15) is 9.90 Å². The van der Waals surface area contributed by atoms with Crippen molar-refractivity contribution in [2.24, 2.45) is 5.41 Å². The number of tetrazole rings is 1. The summed E-state index contributed by atoms with van der Waals surface area (Å²) < 4.78 is 1.63. The number of aryl methyl sites for hydroxylation is 1. The first-order valence-corrected chi connectivity index (χ1v) is 6.64. The van der Waals surface area contributed by atoms with E-state index >= 15 is 0 Å². The lowest BCUT2D eigenvalue weighted by Crippen LogP contribution is -2.23. The lowest BCUT2D eigenvalue weighted by molar-refractivity contribution is -0.144.